The van der Waals surface area contributed by atoms with Gasteiger partial charge >= 0.3 is 0 Å². The molecular weight excluding hydrogens is 250 g/mol. The zero-order valence-electron chi connectivity index (χ0n) is 12.5. The number of nitrogens with zero attached hydrogens (tertiary/aromatic N) is 2. The molecular formula is C16H23N3O. The summed E-state index contributed by atoms with van der Waals surface area (Å²) in [6.45, 7) is 4.78. The summed E-state index contributed by atoms with van der Waals surface area (Å²) in [5.41, 5.74) is 9.47. The van der Waals surface area contributed by atoms with Crippen molar-refractivity contribution < 1.29 is 4.74 Å². The molecule has 0 aliphatic rings. The maximum atomic E-state index is 6.00. The minimum Gasteiger partial charge on any atom is -0.497 e. The van der Waals surface area contributed by atoms with Crippen molar-refractivity contribution in [1.29, 1.82) is 0 Å². The first kappa shape index (κ1) is 14.6. The number of benzene rings is 1. The Kier molecular flexibility index (Phi) is 4.79. The molecule has 1 aromatic carbocycles. The average Bonchev–Trinajstić information content (AvgIpc) is 2.91. The van der Waals surface area contributed by atoms with Crippen molar-refractivity contribution in [3.05, 3.63) is 47.3 Å². The van der Waals surface area contributed by atoms with Crippen molar-refractivity contribution in [2.75, 3.05) is 13.7 Å². The minimum absolute atomic E-state index is 0.0559. The molecule has 4 heteroatoms. The second-order valence-electron chi connectivity index (χ2n) is 4.81. The average molecular weight is 273 g/mol. The van der Waals surface area contributed by atoms with Crippen LogP contribution in [-0.2, 0) is 12.8 Å². The van der Waals surface area contributed by atoms with E-state index in [0.717, 1.165) is 29.8 Å². The van der Waals surface area contributed by atoms with Gasteiger partial charge in [0.05, 0.1) is 18.8 Å². The molecule has 20 heavy (non-hydrogen) atoms. The molecule has 108 valence electrons. The zero-order chi connectivity index (χ0) is 14.5. The number of methoxy groups -OCH3 is 1. The molecule has 0 bridgehead atoms. The fourth-order valence-corrected chi connectivity index (χ4v) is 2.42. The summed E-state index contributed by atoms with van der Waals surface area (Å²) in [6, 6.07) is 10.3. The van der Waals surface area contributed by atoms with Gasteiger partial charge in [-0.05, 0) is 36.6 Å². The molecule has 2 rings (SSSR count). The van der Waals surface area contributed by atoms with Crippen LogP contribution in [0.15, 0.2) is 30.3 Å². The van der Waals surface area contributed by atoms with Crippen LogP contribution in [-0.4, -0.2) is 23.4 Å². The van der Waals surface area contributed by atoms with Crippen LogP contribution in [0.4, 0.5) is 0 Å². The highest BCUT2D eigenvalue weighted by atomic mass is 16.5. The van der Waals surface area contributed by atoms with Crippen molar-refractivity contribution in [2.45, 2.75) is 32.7 Å². The minimum atomic E-state index is 0.0559. The lowest BCUT2D eigenvalue weighted by Gasteiger charge is -2.19. The maximum absolute atomic E-state index is 6.00. The zero-order valence-corrected chi connectivity index (χ0v) is 12.5. The molecule has 0 amide bonds. The van der Waals surface area contributed by atoms with Gasteiger partial charge in [0.15, 0.2) is 0 Å². The van der Waals surface area contributed by atoms with Crippen LogP contribution in [0.1, 0.15) is 36.8 Å². The Morgan fingerprint density at radius 3 is 2.65 bits per heavy atom. The first-order valence-electron chi connectivity index (χ1n) is 7.14. The number of hydrogen-bond donors (Lipinski definition) is 1. The summed E-state index contributed by atoms with van der Waals surface area (Å²) in [5.74, 6) is 0.849. The molecule has 0 aliphatic heterocycles. The number of rotatable bonds is 6. The number of ether oxygens (including phenoxy) is 1. The first-order chi connectivity index (χ1) is 9.73. The predicted molar refractivity (Wildman–Crippen MR) is 81.2 cm³/mol. The molecule has 2 N–H and O–H groups in total. The Bertz CT molecular complexity index is 563. The molecule has 1 heterocycles. The summed E-state index contributed by atoms with van der Waals surface area (Å²) in [4.78, 5) is 0. The van der Waals surface area contributed by atoms with Crippen LogP contribution in [0, 0.1) is 0 Å². The van der Waals surface area contributed by atoms with Gasteiger partial charge in [-0.3, -0.25) is 4.68 Å². The number of hydrogen-bond acceptors (Lipinski definition) is 3. The van der Waals surface area contributed by atoms with Gasteiger partial charge in [-0.1, -0.05) is 26.0 Å². The van der Waals surface area contributed by atoms with Crippen LogP contribution in [0.2, 0.25) is 0 Å². The second kappa shape index (κ2) is 6.57. The van der Waals surface area contributed by atoms with Crippen molar-refractivity contribution in [3.63, 3.8) is 0 Å². The van der Waals surface area contributed by atoms with E-state index in [4.69, 9.17) is 15.6 Å². The van der Waals surface area contributed by atoms with Gasteiger partial charge in [-0.2, -0.15) is 5.10 Å². The molecule has 1 atom stereocenters. The Balaban J connectivity index is 2.43. The topological polar surface area (TPSA) is 53.1 Å². The van der Waals surface area contributed by atoms with Crippen LogP contribution in [0.25, 0.3) is 0 Å². The van der Waals surface area contributed by atoms with Crippen LogP contribution >= 0.6 is 0 Å². The van der Waals surface area contributed by atoms with E-state index < -0.39 is 0 Å². The van der Waals surface area contributed by atoms with Gasteiger partial charge < -0.3 is 10.5 Å². The highest BCUT2D eigenvalue weighted by Gasteiger charge is 2.17. The van der Waals surface area contributed by atoms with Gasteiger partial charge in [0.2, 0.25) is 0 Å². The first-order valence-corrected chi connectivity index (χ1v) is 7.14. The molecule has 1 unspecified atom stereocenters. The summed E-state index contributed by atoms with van der Waals surface area (Å²) >= 11 is 0. The molecule has 0 saturated carbocycles. The normalized spacial score (nSPS) is 12.4. The lowest BCUT2D eigenvalue weighted by Crippen LogP contribution is -2.23. The van der Waals surface area contributed by atoms with Crippen LogP contribution in [0.3, 0.4) is 0 Å². The van der Waals surface area contributed by atoms with Crippen molar-refractivity contribution in [1.82, 2.24) is 9.78 Å². The summed E-state index contributed by atoms with van der Waals surface area (Å²) in [7, 11) is 1.68. The summed E-state index contributed by atoms with van der Waals surface area (Å²) in [5, 5.41) is 4.70. The predicted octanol–water partition coefficient (Wildman–Crippen LogP) is 2.56. The third-order valence-electron chi connectivity index (χ3n) is 3.59. The van der Waals surface area contributed by atoms with E-state index in [2.05, 4.69) is 30.7 Å². The summed E-state index contributed by atoms with van der Waals surface area (Å²) < 4.78 is 7.36. The molecule has 1 aromatic heterocycles. The maximum Gasteiger partial charge on any atom is 0.119 e. The molecule has 0 radical (unpaired) electrons. The van der Waals surface area contributed by atoms with E-state index in [9.17, 15) is 0 Å². The van der Waals surface area contributed by atoms with E-state index in [1.54, 1.807) is 7.11 Å². The van der Waals surface area contributed by atoms with Crippen molar-refractivity contribution in [2.24, 2.45) is 5.73 Å². The van der Waals surface area contributed by atoms with Gasteiger partial charge in [0.25, 0.3) is 0 Å². The quantitative estimate of drug-likeness (QED) is 0.880. The molecule has 0 saturated heterocycles. The lowest BCUT2D eigenvalue weighted by atomic mass is 10.1. The lowest BCUT2D eigenvalue weighted by molar-refractivity contribution is 0.412. The second-order valence-corrected chi connectivity index (χ2v) is 4.81. The third kappa shape index (κ3) is 2.85. The number of aromatic nitrogens is 2. The van der Waals surface area contributed by atoms with Gasteiger partial charge in [0.1, 0.15) is 5.75 Å². The van der Waals surface area contributed by atoms with E-state index in [-0.39, 0.29) is 6.04 Å². The fourth-order valence-electron chi connectivity index (χ4n) is 2.42. The smallest absolute Gasteiger partial charge is 0.119 e. The van der Waals surface area contributed by atoms with Crippen LogP contribution < -0.4 is 10.5 Å². The van der Waals surface area contributed by atoms with Crippen molar-refractivity contribution >= 4 is 0 Å². The molecule has 0 spiro atoms. The van der Waals surface area contributed by atoms with E-state index in [0.29, 0.717) is 6.54 Å². The molecule has 0 fully saturated rings. The number of nitrogens with two attached hydrogens (primary N) is 1. The SMILES string of the molecule is CCc1cc(CC)n(C(CN)c2cccc(OC)c2)n1. The molecule has 2 aromatic rings. The van der Waals surface area contributed by atoms with Crippen molar-refractivity contribution in [3.8, 4) is 5.75 Å². The van der Waals surface area contributed by atoms with Crippen LogP contribution in [0.5, 0.6) is 5.75 Å². The highest BCUT2D eigenvalue weighted by Crippen LogP contribution is 2.23. The highest BCUT2D eigenvalue weighted by molar-refractivity contribution is 5.31. The molecule has 4 nitrogen and oxygen atoms in total. The molecule has 0 aliphatic carbocycles. The Labute approximate surface area is 120 Å². The Morgan fingerprint density at radius 1 is 1.25 bits per heavy atom. The monoisotopic (exact) mass is 273 g/mol. The fraction of sp³-hybridized carbons (Fsp3) is 0.438. The van der Waals surface area contributed by atoms with Gasteiger partial charge in [-0.15, -0.1) is 0 Å². The van der Waals surface area contributed by atoms with Gasteiger partial charge in [-0.25, -0.2) is 0 Å². The largest absolute Gasteiger partial charge is 0.497 e. The van der Waals surface area contributed by atoms with E-state index >= 15 is 0 Å². The van der Waals surface area contributed by atoms with Gasteiger partial charge in [0, 0.05) is 12.2 Å². The Hall–Kier alpha value is -1.81. The Morgan fingerprint density at radius 2 is 2.05 bits per heavy atom. The number of aryl methyl sites for hydroxylation is 2. The van der Waals surface area contributed by atoms with E-state index in [1.165, 1.54) is 5.69 Å². The standard InChI is InChI=1S/C16H23N3O/c1-4-13-10-14(5-2)19(18-13)16(11-17)12-7-6-8-15(9-12)20-3/h6-10,16H,4-5,11,17H2,1-3H3. The van der Waals surface area contributed by atoms with E-state index in [1.807, 2.05) is 18.2 Å². The third-order valence-corrected chi connectivity index (χ3v) is 3.59. The summed E-state index contributed by atoms with van der Waals surface area (Å²) in [6.07, 6.45) is 1.89.